The van der Waals surface area contributed by atoms with E-state index in [2.05, 4.69) is 29.8 Å². The molecule has 54 heavy (non-hydrogen) atoms. The molecule has 2 amide bonds. The Morgan fingerprint density at radius 2 is 1.50 bits per heavy atom. The lowest BCUT2D eigenvalue weighted by Gasteiger charge is -2.39. The predicted molar refractivity (Wildman–Crippen MR) is 197 cm³/mol. The van der Waals surface area contributed by atoms with Crippen molar-refractivity contribution in [3.63, 3.8) is 0 Å². The van der Waals surface area contributed by atoms with E-state index >= 15 is 0 Å². The summed E-state index contributed by atoms with van der Waals surface area (Å²) in [6, 6.07) is 26.2. The van der Waals surface area contributed by atoms with E-state index < -0.39 is 23.2 Å². The molecule has 0 unspecified atom stereocenters. The van der Waals surface area contributed by atoms with Crippen LogP contribution in [0.5, 0.6) is 0 Å². The Labute approximate surface area is 310 Å². The summed E-state index contributed by atoms with van der Waals surface area (Å²) in [6.45, 7) is 1.96. The van der Waals surface area contributed by atoms with Crippen molar-refractivity contribution < 1.29 is 27.2 Å². The van der Waals surface area contributed by atoms with Crippen LogP contribution in [0.1, 0.15) is 47.2 Å². The van der Waals surface area contributed by atoms with Gasteiger partial charge in [0.2, 0.25) is 5.91 Å². The lowest BCUT2D eigenvalue weighted by Crippen LogP contribution is -2.55. The topological polar surface area (TPSA) is 127 Å². The number of aromatic nitrogens is 4. The number of carbonyl (C=O) groups is 2. The molecule has 5 aromatic rings. The van der Waals surface area contributed by atoms with Crippen LogP contribution in [0, 0.1) is 17.2 Å². The average Bonchev–Trinajstić information content (AvgIpc) is 3.72. The van der Waals surface area contributed by atoms with Crippen LogP contribution in [0.25, 0.3) is 22.8 Å². The average molecular weight is 740 g/mol. The number of alkyl halides is 3. The number of hydrogen-bond acceptors (Lipinski definition) is 5. The van der Waals surface area contributed by atoms with Crippen molar-refractivity contribution in [3.05, 3.63) is 124 Å². The second-order valence-electron chi connectivity index (χ2n) is 14.4. The van der Waals surface area contributed by atoms with Crippen LogP contribution >= 0.6 is 0 Å². The highest BCUT2D eigenvalue weighted by atomic mass is 19.4. The number of carbonyl (C=O) groups excluding carboxylic acids is 2. The first-order chi connectivity index (χ1) is 25.8. The quantitative estimate of drug-likeness (QED) is 0.214. The molecule has 7 rings (SSSR count). The number of likely N-dealkylation sites (tertiary alicyclic amines) is 1. The first-order valence-corrected chi connectivity index (χ1v) is 17.7. The summed E-state index contributed by atoms with van der Waals surface area (Å²) in [4.78, 5) is 40.9. The standard InChI is InChI=1S/C34H35F3N8O3.C6H6/c1-42-30(28-11-14-39-43(28)26-9-7-21(20-38)8-10-26)29(33(48)44(42)27-6-4-5-23(19-27)34(35,36)37)32(47)41-25-17-22(18-25)31(46)40-24-12-15-45(2,3)16-13-24;1-2-4-6-5-3-1/h4-11,14,19,22,24-25H,12-13,15-18H2,1-3H3,(H-,40,41,46,47);1-6H/p+1/t22-,25-;. The number of rotatable bonds is 7. The third kappa shape index (κ3) is 8.31. The molecule has 0 radical (unpaired) electrons. The summed E-state index contributed by atoms with van der Waals surface area (Å²) in [5.74, 6) is -1.02. The summed E-state index contributed by atoms with van der Waals surface area (Å²) in [5.41, 5.74) is -0.701. The molecule has 1 aliphatic carbocycles. The highest BCUT2D eigenvalue weighted by Crippen LogP contribution is 2.33. The van der Waals surface area contributed by atoms with Gasteiger partial charge in [0.1, 0.15) is 11.3 Å². The van der Waals surface area contributed by atoms with Gasteiger partial charge in [-0.2, -0.15) is 23.5 Å². The molecule has 280 valence electrons. The fourth-order valence-corrected chi connectivity index (χ4v) is 6.90. The zero-order valence-corrected chi connectivity index (χ0v) is 30.3. The van der Waals surface area contributed by atoms with Crippen LogP contribution in [-0.4, -0.2) is 74.7 Å². The van der Waals surface area contributed by atoms with Gasteiger partial charge in [0.15, 0.2) is 0 Å². The van der Waals surface area contributed by atoms with Crippen LogP contribution in [0.3, 0.4) is 0 Å². The number of nitrogens with one attached hydrogen (secondary N) is 2. The highest BCUT2D eigenvalue weighted by molar-refractivity contribution is 6.00. The van der Waals surface area contributed by atoms with E-state index in [9.17, 15) is 32.8 Å². The van der Waals surface area contributed by atoms with Crippen molar-refractivity contribution in [1.29, 1.82) is 5.26 Å². The summed E-state index contributed by atoms with van der Waals surface area (Å²) >= 11 is 0. The molecule has 11 nitrogen and oxygen atoms in total. The molecule has 2 N–H and O–H groups in total. The Bertz CT molecular complexity index is 2170. The van der Waals surface area contributed by atoms with Gasteiger partial charge in [0.05, 0.1) is 67.6 Å². The van der Waals surface area contributed by atoms with Crippen LogP contribution < -0.4 is 16.2 Å². The van der Waals surface area contributed by atoms with E-state index in [1.807, 2.05) is 42.5 Å². The van der Waals surface area contributed by atoms with Crippen molar-refractivity contribution in [3.8, 4) is 28.8 Å². The number of amides is 2. The molecule has 2 fully saturated rings. The van der Waals surface area contributed by atoms with Gasteiger partial charge >= 0.3 is 6.18 Å². The third-order valence-corrected chi connectivity index (χ3v) is 10.1. The molecule has 3 heterocycles. The number of piperidine rings is 1. The monoisotopic (exact) mass is 739 g/mol. The normalized spacial score (nSPS) is 18.0. The molecular weight excluding hydrogens is 697 g/mol. The molecule has 1 aliphatic heterocycles. The van der Waals surface area contributed by atoms with Crippen molar-refractivity contribution in [2.75, 3.05) is 27.2 Å². The van der Waals surface area contributed by atoms with Gasteiger partial charge in [0, 0.05) is 37.9 Å². The first-order valence-electron chi connectivity index (χ1n) is 17.7. The van der Waals surface area contributed by atoms with Crippen LogP contribution in [-0.2, 0) is 18.0 Å². The second-order valence-corrected chi connectivity index (χ2v) is 14.4. The fourth-order valence-electron chi connectivity index (χ4n) is 6.90. The number of quaternary nitrogens is 1. The van der Waals surface area contributed by atoms with E-state index in [1.165, 1.54) is 34.7 Å². The predicted octanol–water partition coefficient (Wildman–Crippen LogP) is 5.47. The Morgan fingerprint density at radius 1 is 0.870 bits per heavy atom. The molecular formula is C40H42F3N8O3+. The van der Waals surface area contributed by atoms with E-state index in [0.717, 1.165) is 47.2 Å². The molecule has 14 heteroatoms. The molecule has 2 aliphatic rings. The Balaban J connectivity index is 0.000000755. The number of hydrogen-bond donors (Lipinski definition) is 2. The molecule has 0 spiro atoms. The van der Waals surface area contributed by atoms with Gasteiger partial charge in [-0.25, -0.2) is 9.36 Å². The summed E-state index contributed by atoms with van der Waals surface area (Å²) in [6.07, 6.45) is -0.568. The van der Waals surface area contributed by atoms with Gasteiger partial charge in [-0.05, 0) is 61.4 Å². The summed E-state index contributed by atoms with van der Waals surface area (Å²) in [5, 5.41) is 19.6. The van der Waals surface area contributed by atoms with E-state index in [0.29, 0.717) is 29.8 Å². The largest absolute Gasteiger partial charge is 0.416 e. The van der Waals surface area contributed by atoms with Crippen LogP contribution in [0.2, 0.25) is 0 Å². The minimum absolute atomic E-state index is 0.0451. The Kier molecular flexibility index (Phi) is 10.9. The van der Waals surface area contributed by atoms with Gasteiger partial charge in [-0.1, -0.05) is 42.5 Å². The number of benzene rings is 3. The maximum absolute atomic E-state index is 14.0. The highest BCUT2D eigenvalue weighted by Gasteiger charge is 2.39. The molecule has 1 saturated heterocycles. The summed E-state index contributed by atoms with van der Waals surface area (Å²) in [7, 11) is 5.83. The van der Waals surface area contributed by atoms with Crippen LogP contribution in [0.4, 0.5) is 13.2 Å². The van der Waals surface area contributed by atoms with Crippen molar-refractivity contribution in [1.82, 2.24) is 29.8 Å². The molecule has 0 bridgehead atoms. The van der Waals surface area contributed by atoms with Crippen molar-refractivity contribution in [2.45, 2.75) is 43.9 Å². The number of nitrogens with zero attached hydrogens (tertiary/aromatic N) is 6. The maximum atomic E-state index is 14.0. The van der Waals surface area contributed by atoms with Crippen LogP contribution in [0.15, 0.2) is 102 Å². The van der Waals surface area contributed by atoms with Gasteiger partial charge < -0.3 is 15.1 Å². The maximum Gasteiger partial charge on any atom is 0.416 e. The van der Waals surface area contributed by atoms with E-state index in [4.69, 9.17) is 0 Å². The number of halogens is 3. The lowest BCUT2D eigenvalue weighted by atomic mass is 9.79. The first kappa shape index (κ1) is 37.8. The Morgan fingerprint density at radius 3 is 2.09 bits per heavy atom. The zero-order chi connectivity index (χ0) is 38.6. The minimum Gasteiger partial charge on any atom is -0.353 e. The lowest BCUT2D eigenvalue weighted by molar-refractivity contribution is -0.895. The summed E-state index contributed by atoms with van der Waals surface area (Å²) < 4.78 is 45.7. The Hall–Kier alpha value is -5.94. The fraction of sp³-hybridized carbons (Fsp3) is 0.325. The van der Waals surface area contributed by atoms with Gasteiger partial charge in [0.25, 0.3) is 11.5 Å². The van der Waals surface area contributed by atoms with Gasteiger partial charge in [-0.15, -0.1) is 0 Å². The molecule has 3 aromatic carbocycles. The molecule has 0 atom stereocenters. The zero-order valence-electron chi connectivity index (χ0n) is 30.3. The second kappa shape index (κ2) is 15.6. The minimum atomic E-state index is -4.65. The third-order valence-electron chi connectivity index (χ3n) is 10.1. The van der Waals surface area contributed by atoms with E-state index in [-0.39, 0.29) is 40.9 Å². The van der Waals surface area contributed by atoms with E-state index in [1.54, 1.807) is 30.3 Å². The molecule has 2 aromatic heterocycles. The van der Waals surface area contributed by atoms with Crippen molar-refractivity contribution in [2.24, 2.45) is 13.0 Å². The van der Waals surface area contributed by atoms with Gasteiger partial charge in [-0.3, -0.25) is 19.1 Å². The SMILES string of the molecule is Cn1c(-c2ccnn2-c2ccc(C#N)cc2)c(C(=O)N[C@H]2C[C@H](C(=O)NC3CC[N+](C)(C)CC3)C2)c(=O)n1-c1cccc(C(F)(F)F)c1.c1ccccc1. The number of nitriles is 1. The molecule has 1 saturated carbocycles. The van der Waals surface area contributed by atoms with Crippen molar-refractivity contribution >= 4 is 11.8 Å². The smallest absolute Gasteiger partial charge is 0.353 e.